The smallest absolute Gasteiger partial charge is 0.0340 e. The Morgan fingerprint density at radius 1 is 1.29 bits per heavy atom. The summed E-state index contributed by atoms with van der Waals surface area (Å²) in [7, 11) is 1.98. The monoisotopic (exact) mass is 232 g/mol. The van der Waals surface area contributed by atoms with E-state index < -0.39 is 0 Å². The Labute approximate surface area is 105 Å². The van der Waals surface area contributed by atoms with Gasteiger partial charge in [-0.05, 0) is 56.0 Å². The average Bonchev–Trinajstić information content (AvgIpc) is 2.38. The van der Waals surface area contributed by atoms with Crippen LogP contribution >= 0.6 is 0 Å². The van der Waals surface area contributed by atoms with E-state index >= 15 is 0 Å². The molecule has 1 aromatic carbocycles. The van der Waals surface area contributed by atoms with Crippen molar-refractivity contribution < 1.29 is 0 Å². The van der Waals surface area contributed by atoms with Crippen molar-refractivity contribution in [2.75, 3.05) is 32.0 Å². The van der Waals surface area contributed by atoms with Crippen LogP contribution in [-0.2, 0) is 6.42 Å². The highest BCUT2D eigenvalue weighted by molar-refractivity contribution is 5.45. The summed E-state index contributed by atoms with van der Waals surface area (Å²) in [6.07, 6.45) is 3.91. The van der Waals surface area contributed by atoms with Crippen molar-refractivity contribution in [3.8, 4) is 0 Å². The number of likely N-dealkylation sites (tertiary alicyclic amines) is 1. The molecule has 1 aliphatic rings. The van der Waals surface area contributed by atoms with Gasteiger partial charge in [-0.1, -0.05) is 19.1 Å². The van der Waals surface area contributed by atoms with Crippen LogP contribution in [0.4, 0.5) is 5.69 Å². The van der Waals surface area contributed by atoms with Crippen LogP contribution in [0.15, 0.2) is 24.3 Å². The lowest BCUT2D eigenvalue weighted by Crippen LogP contribution is -2.34. The van der Waals surface area contributed by atoms with E-state index in [1.807, 2.05) is 7.05 Å². The molecular formula is C15H24N2. The van der Waals surface area contributed by atoms with Gasteiger partial charge in [-0.3, -0.25) is 0 Å². The second kappa shape index (κ2) is 6.06. The van der Waals surface area contributed by atoms with Crippen LogP contribution in [0.25, 0.3) is 0 Å². The third kappa shape index (κ3) is 3.74. The number of hydrogen-bond acceptors (Lipinski definition) is 2. The lowest BCUT2D eigenvalue weighted by molar-refractivity contribution is 0.194. The molecule has 0 radical (unpaired) electrons. The number of nitrogens with zero attached hydrogens (tertiary/aromatic N) is 1. The minimum atomic E-state index is 0.930. The molecule has 1 heterocycles. The highest BCUT2D eigenvalue weighted by Gasteiger charge is 2.14. The number of rotatable bonds is 4. The number of hydrogen-bond donors (Lipinski definition) is 1. The molecule has 2 nitrogen and oxygen atoms in total. The standard InChI is InChI=1S/C15H24N2/c1-13-6-9-17(10-7-13)11-8-14-4-3-5-15(12-14)16-2/h3-5,12-13,16H,6-11H2,1-2H3. The summed E-state index contributed by atoms with van der Waals surface area (Å²) in [5.41, 5.74) is 2.66. The van der Waals surface area contributed by atoms with Crippen molar-refractivity contribution in [3.63, 3.8) is 0 Å². The van der Waals surface area contributed by atoms with Gasteiger partial charge in [0, 0.05) is 19.3 Å². The molecule has 17 heavy (non-hydrogen) atoms. The van der Waals surface area contributed by atoms with Crippen molar-refractivity contribution in [1.82, 2.24) is 4.90 Å². The van der Waals surface area contributed by atoms with E-state index in [9.17, 15) is 0 Å². The Morgan fingerprint density at radius 2 is 2.06 bits per heavy atom. The molecule has 1 fully saturated rings. The van der Waals surface area contributed by atoms with Crippen molar-refractivity contribution in [2.45, 2.75) is 26.2 Å². The highest BCUT2D eigenvalue weighted by Crippen LogP contribution is 2.17. The molecule has 1 aromatic rings. The molecule has 0 bridgehead atoms. The Kier molecular flexibility index (Phi) is 4.43. The molecule has 2 rings (SSSR count). The molecule has 2 heteroatoms. The normalized spacial score (nSPS) is 18.2. The zero-order valence-corrected chi connectivity index (χ0v) is 11.1. The Morgan fingerprint density at radius 3 is 2.76 bits per heavy atom. The first-order chi connectivity index (χ1) is 8.28. The third-order valence-electron chi connectivity index (χ3n) is 3.81. The second-order valence-electron chi connectivity index (χ2n) is 5.22. The van der Waals surface area contributed by atoms with E-state index in [1.54, 1.807) is 0 Å². The fourth-order valence-corrected chi connectivity index (χ4v) is 2.46. The van der Waals surface area contributed by atoms with Gasteiger partial charge in [-0.25, -0.2) is 0 Å². The first kappa shape index (κ1) is 12.4. The predicted octanol–water partition coefficient (Wildman–Crippen LogP) is 3.00. The first-order valence-electron chi connectivity index (χ1n) is 6.77. The van der Waals surface area contributed by atoms with E-state index in [0.717, 1.165) is 5.92 Å². The SMILES string of the molecule is CNc1cccc(CCN2CCC(C)CC2)c1. The lowest BCUT2D eigenvalue weighted by Gasteiger charge is -2.30. The molecule has 0 aliphatic carbocycles. The predicted molar refractivity (Wildman–Crippen MR) is 74.5 cm³/mol. The summed E-state index contributed by atoms with van der Waals surface area (Å²) in [4.78, 5) is 2.60. The van der Waals surface area contributed by atoms with Crippen LogP contribution in [0.2, 0.25) is 0 Å². The zero-order valence-electron chi connectivity index (χ0n) is 11.1. The Hall–Kier alpha value is -1.02. The maximum Gasteiger partial charge on any atom is 0.0340 e. The van der Waals surface area contributed by atoms with E-state index in [4.69, 9.17) is 0 Å². The number of anilines is 1. The van der Waals surface area contributed by atoms with Crippen molar-refractivity contribution in [2.24, 2.45) is 5.92 Å². The van der Waals surface area contributed by atoms with E-state index in [-0.39, 0.29) is 0 Å². The van der Waals surface area contributed by atoms with Crippen molar-refractivity contribution >= 4 is 5.69 Å². The largest absolute Gasteiger partial charge is 0.388 e. The van der Waals surface area contributed by atoms with Crippen LogP contribution < -0.4 is 5.32 Å². The van der Waals surface area contributed by atoms with E-state index in [1.165, 1.54) is 50.1 Å². The Balaban J connectivity index is 1.81. The van der Waals surface area contributed by atoms with Gasteiger partial charge in [0.2, 0.25) is 0 Å². The van der Waals surface area contributed by atoms with Gasteiger partial charge < -0.3 is 10.2 Å². The van der Waals surface area contributed by atoms with Crippen LogP contribution in [0.5, 0.6) is 0 Å². The summed E-state index contributed by atoms with van der Waals surface area (Å²) in [5.74, 6) is 0.930. The van der Waals surface area contributed by atoms with E-state index in [0.29, 0.717) is 0 Å². The fraction of sp³-hybridized carbons (Fsp3) is 0.600. The summed E-state index contributed by atoms with van der Waals surface area (Å²) in [6, 6.07) is 8.74. The van der Waals surface area contributed by atoms with Gasteiger partial charge >= 0.3 is 0 Å². The second-order valence-corrected chi connectivity index (χ2v) is 5.22. The zero-order chi connectivity index (χ0) is 12.1. The summed E-state index contributed by atoms with van der Waals surface area (Å²) in [6.45, 7) is 6.15. The maximum atomic E-state index is 3.20. The summed E-state index contributed by atoms with van der Waals surface area (Å²) in [5, 5.41) is 3.20. The molecule has 0 aromatic heterocycles. The summed E-state index contributed by atoms with van der Waals surface area (Å²) < 4.78 is 0. The lowest BCUT2D eigenvalue weighted by atomic mass is 9.99. The van der Waals surface area contributed by atoms with Crippen LogP contribution in [0, 0.1) is 5.92 Å². The molecule has 0 saturated carbocycles. The number of piperidine rings is 1. The van der Waals surface area contributed by atoms with Gasteiger partial charge in [-0.2, -0.15) is 0 Å². The maximum absolute atomic E-state index is 3.20. The molecule has 1 N–H and O–H groups in total. The first-order valence-corrected chi connectivity index (χ1v) is 6.77. The van der Waals surface area contributed by atoms with Crippen molar-refractivity contribution in [3.05, 3.63) is 29.8 Å². The third-order valence-corrected chi connectivity index (χ3v) is 3.81. The fourth-order valence-electron chi connectivity index (χ4n) is 2.46. The van der Waals surface area contributed by atoms with Gasteiger partial charge in [0.05, 0.1) is 0 Å². The number of nitrogens with one attached hydrogen (secondary N) is 1. The topological polar surface area (TPSA) is 15.3 Å². The van der Waals surface area contributed by atoms with Gasteiger partial charge in [0.15, 0.2) is 0 Å². The minimum absolute atomic E-state index is 0.930. The van der Waals surface area contributed by atoms with Gasteiger partial charge in [-0.15, -0.1) is 0 Å². The molecule has 0 spiro atoms. The summed E-state index contributed by atoms with van der Waals surface area (Å²) >= 11 is 0. The van der Waals surface area contributed by atoms with Gasteiger partial charge in [0.1, 0.15) is 0 Å². The Bertz CT molecular complexity index is 341. The van der Waals surface area contributed by atoms with Crippen LogP contribution in [0.3, 0.4) is 0 Å². The molecule has 1 saturated heterocycles. The van der Waals surface area contributed by atoms with Crippen molar-refractivity contribution in [1.29, 1.82) is 0 Å². The van der Waals surface area contributed by atoms with Gasteiger partial charge in [0.25, 0.3) is 0 Å². The molecule has 0 amide bonds. The quantitative estimate of drug-likeness (QED) is 0.858. The van der Waals surface area contributed by atoms with Crippen LogP contribution in [0.1, 0.15) is 25.3 Å². The average molecular weight is 232 g/mol. The van der Waals surface area contributed by atoms with Crippen LogP contribution in [-0.4, -0.2) is 31.6 Å². The minimum Gasteiger partial charge on any atom is -0.388 e. The highest BCUT2D eigenvalue weighted by atomic mass is 15.1. The molecular weight excluding hydrogens is 208 g/mol. The van der Waals surface area contributed by atoms with E-state index in [2.05, 4.69) is 41.4 Å². The molecule has 0 atom stereocenters. The molecule has 94 valence electrons. The number of benzene rings is 1. The molecule has 0 unspecified atom stereocenters. The molecule has 1 aliphatic heterocycles.